The molecule has 208 valence electrons. The van der Waals surface area contributed by atoms with Crippen molar-refractivity contribution < 1.29 is 32.9 Å². The van der Waals surface area contributed by atoms with Crippen LogP contribution in [0.2, 0.25) is 0 Å². The molecule has 1 amide bonds. The monoisotopic (exact) mass is 574 g/mol. The second-order valence-electron chi connectivity index (χ2n) is 7.72. The molecular formula is C26H21ClF2N4O7. The summed E-state index contributed by atoms with van der Waals surface area (Å²) in [6, 6.07) is 19.0. The van der Waals surface area contributed by atoms with Crippen LogP contribution in [0.25, 0.3) is 0 Å². The molecular weight excluding hydrogens is 554 g/mol. The quantitative estimate of drug-likeness (QED) is 0.135. The predicted octanol–water partition coefficient (Wildman–Crippen LogP) is 7.01. The van der Waals surface area contributed by atoms with Crippen LogP contribution in [0.1, 0.15) is 6.92 Å². The van der Waals surface area contributed by atoms with E-state index >= 15 is 0 Å². The average Bonchev–Trinajstić information content (AvgIpc) is 2.88. The highest BCUT2D eigenvalue weighted by molar-refractivity contribution is 5.88. The number of nitro groups is 2. The number of non-ortho nitro benzene ring substituents is 2. The number of halogens is 3. The van der Waals surface area contributed by atoms with Gasteiger partial charge in [-0.3, -0.25) is 25.0 Å². The average molecular weight is 575 g/mol. The van der Waals surface area contributed by atoms with Gasteiger partial charge < -0.3 is 20.5 Å². The van der Waals surface area contributed by atoms with Crippen molar-refractivity contribution in [2.75, 3.05) is 11.1 Å². The zero-order valence-corrected chi connectivity index (χ0v) is 21.4. The maximum Gasteiger partial charge on any atom is 0.272 e. The van der Waals surface area contributed by atoms with Crippen LogP contribution in [-0.4, -0.2) is 15.8 Å². The van der Waals surface area contributed by atoms with Crippen LogP contribution in [0.3, 0.4) is 0 Å². The molecule has 0 aliphatic heterocycles. The molecule has 4 rings (SSSR count). The van der Waals surface area contributed by atoms with Gasteiger partial charge in [0, 0.05) is 30.4 Å². The molecule has 0 fully saturated rings. The largest absolute Gasteiger partial charge is 0.454 e. The normalized spacial score (nSPS) is 9.78. The van der Waals surface area contributed by atoms with Crippen molar-refractivity contribution in [2.45, 2.75) is 6.92 Å². The van der Waals surface area contributed by atoms with Gasteiger partial charge in [-0.1, -0.05) is 0 Å². The number of carbonyl (C=O) groups is 1. The van der Waals surface area contributed by atoms with Crippen LogP contribution < -0.4 is 20.5 Å². The minimum Gasteiger partial charge on any atom is -0.454 e. The summed E-state index contributed by atoms with van der Waals surface area (Å²) in [7, 11) is 0. The van der Waals surface area contributed by atoms with E-state index in [1.807, 2.05) is 0 Å². The molecule has 40 heavy (non-hydrogen) atoms. The maximum absolute atomic E-state index is 13.7. The first-order chi connectivity index (χ1) is 18.5. The van der Waals surface area contributed by atoms with Gasteiger partial charge in [0.05, 0.1) is 22.0 Å². The number of rotatable bonds is 7. The second-order valence-corrected chi connectivity index (χ2v) is 7.72. The molecule has 0 unspecified atom stereocenters. The van der Waals surface area contributed by atoms with Crippen LogP contribution >= 0.6 is 12.4 Å². The van der Waals surface area contributed by atoms with E-state index in [9.17, 15) is 33.8 Å². The number of amides is 1. The Kier molecular flexibility index (Phi) is 10.8. The third kappa shape index (κ3) is 8.92. The third-order valence-electron chi connectivity index (χ3n) is 4.76. The number of hydrogen-bond acceptors (Lipinski definition) is 8. The number of nitrogens with one attached hydrogen (secondary N) is 1. The van der Waals surface area contributed by atoms with Crippen LogP contribution in [0.15, 0.2) is 84.9 Å². The van der Waals surface area contributed by atoms with E-state index in [1.54, 1.807) is 48.5 Å². The van der Waals surface area contributed by atoms with Gasteiger partial charge in [-0.25, -0.2) is 8.78 Å². The molecule has 0 bridgehead atoms. The van der Waals surface area contributed by atoms with Crippen LogP contribution in [0.4, 0.5) is 31.5 Å². The van der Waals surface area contributed by atoms with Crippen LogP contribution in [0, 0.1) is 31.9 Å². The third-order valence-corrected chi connectivity index (χ3v) is 4.76. The predicted molar refractivity (Wildman–Crippen MR) is 145 cm³/mol. The molecule has 0 spiro atoms. The highest BCUT2D eigenvalue weighted by Gasteiger charge is 2.13. The fourth-order valence-corrected chi connectivity index (χ4v) is 2.97. The van der Waals surface area contributed by atoms with E-state index in [0.717, 1.165) is 18.2 Å². The summed E-state index contributed by atoms with van der Waals surface area (Å²) in [6.45, 7) is 1.39. The van der Waals surface area contributed by atoms with Gasteiger partial charge in [0.1, 0.15) is 11.5 Å². The first kappa shape index (κ1) is 30.9. The number of hydrogen-bond donors (Lipinski definition) is 2. The fourth-order valence-electron chi connectivity index (χ4n) is 2.97. The van der Waals surface area contributed by atoms with Crippen molar-refractivity contribution in [3.63, 3.8) is 0 Å². The van der Waals surface area contributed by atoms with Crippen molar-refractivity contribution >= 4 is 41.1 Å². The Hall–Kier alpha value is -5.30. The topological polar surface area (TPSA) is 160 Å². The number of ether oxygens (including phenoxy) is 2. The molecule has 11 nitrogen and oxygen atoms in total. The van der Waals surface area contributed by atoms with Gasteiger partial charge in [0.15, 0.2) is 23.1 Å². The molecule has 0 aliphatic rings. The highest BCUT2D eigenvalue weighted by atomic mass is 35.5. The molecule has 0 aromatic heterocycles. The Morgan fingerprint density at radius 3 is 1.50 bits per heavy atom. The standard InChI is InChI=1S/C14H11FN2O4.C12H9FN2O3.ClH/c1-9(18)16-10-2-5-12(6-3-10)21-14-7-4-11(17(19)20)8-13(14)15;13-11-7-9(15(16)17)3-6-12(11)18-10-4-1-8(14)2-5-10;/h2-8H,1H3,(H,16,18);1-7H,14H2;1H. The van der Waals surface area contributed by atoms with Crippen LogP contribution in [-0.2, 0) is 4.79 Å². The molecule has 14 heteroatoms. The Morgan fingerprint density at radius 2 is 1.15 bits per heavy atom. The second kappa shape index (κ2) is 14.0. The summed E-state index contributed by atoms with van der Waals surface area (Å²) >= 11 is 0. The number of nitrogen functional groups attached to an aromatic ring is 1. The Bertz CT molecular complexity index is 1500. The Morgan fingerprint density at radius 1 is 0.750 bits per heavy atom. The number of nitrogens with two attached hydrogens (primary N) is 1. The first-order valence-corrected chi connectivity index (χ1v) is 11.0. The van der Waals surface area contributed by atoms with E-state index in [1.165, 1.54) is 25.1 Å². The van der Waals surface area contributed by atoms with E-state index < -0.39 is 21.5 Å². The van der Waals surface area contributed by atoms with Gasteiger partial charge in [-0.2, -0.15) is 0 Å². The molecule has 4 aromatic rings. The van der Waals surface area contributed by atoms with Crippen molar-refractivity contribution in [2.24, 2.45) is 0 Å². The summed E-state index contributed by atoms with van der Waals surface area (Å²) in [4.78, 5) is 30.5. The lowest BCUT2D eigenvalue weighted by molar-refractivity contribution is -0.385. The van der Waals surface area contributed by atoms with Gasteiger partial charge in [0.2, 0.25) is 5.91 Å². The Labute approximate surface area is 231 Å². The van der Waals surface area contributed by atoms with E-state index in [-0.39, 0.29) is 41.2 Å². The summed E-state index contributed by atoms with van der Waals surface area (Å²) in [5.74, 6) is -1.27. The van der Waals surface area contributed by atoms with E-state index in [4.69, 9.17) is 15.2 Å². The molecule has 0 saturated heterocycles. The first-order valence-electron chi connectivity index (χ1n) is 11.0. The maximum atomic E-state index is 13.7. The lowest BCUT2D eigenvalue weighted by Gasteiger charge is -2.08. The van der Waals surface area contributed by atoms with E-state index in [0.29, 0.717) is 22.9 Å². The molecule has 0 saturated carbocycles. The molecule has 0 aliphatic carbocycles. The van der Waals surface area contributed by atoms with Crippen molar-refractivity contribution in [3.8, 4) is 23.0 Å². The van der Waals surface area contributed by atoms with Gasteiger partial charge in [-0.15, -0.1) is 12.4 Å². The summed E-state index contributed by atoms with van der Waals surface area (Å²) in [6.07, 6.45) is 0. The van der Waals surface area contributed by atoms with Crippen LogP contribution in [0.5, 0.6) is 23.0 Å². The number of benzene rings is 4. The molecule has 4 aromatic carbocycles. The summed E-state index contributed by atoms with van der Waals surface area (Å²) in [5, 5.41) is 23.5. The van der Waals surface area contributed by atoms with Gasteiger partial charge in [-0.05, 0) is 60.7 Å². The fraction of sp³-hybridized carbons (Fsp3) is 0.0385. The molecule has 0 radical (unpaired) electrons. The van der Waals surface area contributed by atoms with Crippen molar-refractivity contribution in [1.29, 1.82) is 0 Å². The number of carbonyl (C=O) groups excluding carboxylic acids is 1. The highest BCUT2D eigenvalue weighted by Crippen LogP contribution is 2.29. The molecule has 0 heterocycles. The van der Waals surface area contributed by atoms with Gasteiger partial charge in [0.25, 0.3) is 11.4 Å². The SMILES string of the molecule is CC(=O)Nc1ccc(Oc2ccc([N+](=O)[O-])cc2F)cc1.Cl.Nc1ccc(Oc2ccc([N+](=O)[O-])cc2F)cc1. The lowest BCUT2D eigenvalue weighted by Crippen LogP contribution is -2.05. The zero-order valence-electron chi connectivity index (χ0n) is 20.6. The Balaban J connectivity index is 0.000000276. The number of nitro benzene ring substituents is 2. The number of anilines is 2. The molecule has 3 N–H and O–H groups in total. The zero-order chi connectivity index (χ0) is 28.5. The van der Waals surface area contributed by atoms with Crippen molar-refractivity contribution in [1.82, 2.24) is 0 Å². The lowest BCUT2D eigenvalue weighted by atomic mass is 10.2. The minimum atomic E-state index is -0.824. The van der Waals surface area contributed by atoms with E-state index in [2.05, 4.69) is 5.32 Å². The van der Waals surface area contributed by atoms with Crippen molar-refractivity contribution in [3.05, 3.63) is 117 Å². The smallest absolute Gasteiger partial charge is 0.272 e. The molecule has 0 atom stereocenters. The summed E-state index contributed by atoms with van der Waals surface area (Å²) < 4.78 is 37.7. The summed E-state index contributed by atoms with van der Waals surface area (Å²) in [5.41, 5.74) is 5.97. The minimum absolute atomic E-state index is 0. The van der Waals surface area contributed by atoms with Gasteiger partial charge >= 0.3 is 0 Å². The number of nitrogens with zero attached hydrogens (tertiary/aromatic N) is 2.